The summed E-state index contributed by atoms with van der Waals surface area (Å²) in [5.41, 5.74) is 3.18. The van der Waals surface area contributed by atoms with Crippen LogP contribution in [0.1, 0.15) is 29.8 Å². The van der Waals surface area contributed by atoms with Gasteiger partial charge in [0.15, 0.2) is 11.7 Å². The number of carbonyl (C=O) groups is 2. The van der Waals surface area contributed by atoms with Gasteiger partial charge in [0, 0.05) is 17.1 Å². The van der Waals surface area contributed by atoms with Gasteiger partial charge >= 0.3 is 5.97 Å². The fraction of sp³-hybridized carbons (Fsp3) is 0.238. The van der Waals surface area contributed by atoms with Gasteiger partial charge in [-0.25, -0.2) is 14.8 Å². The Bertz CT molecular complexity index is 986. The number of pyridine rings is 1. The lowest BCUT2D eigenvalue weighted by atomic mass is 10.1. The first kappa shape index (κ1) is 20.5. The number of ether oxygens (including phenoxy) is 2. The summed E-state index contributed by atoms with van der Waals surface area (Å²) in [5.74, 6) is -0.964. The van der Waals surface area contributed by atoms with Gasteiger partial charge in [-0.05, 0) is 31.0 Å². The van der Waals surface area contributed by atoms with E-state index in [2.05, 4.69) is 34.3 Å². The van der Waals surface area contributed by atoms with Crippen molar-refractivity contribution in [1.29, 1.82) is 0 Å². The molecule has 0 bridgehead atoms. The zero-order valence-electron chi connectivity index (χ0n) is 16.2. The van der Waals surface area contributed by atoms with Crippen LogP contribution in [0, 0.1) is 0 Å². The molecule has 0 spiro atoms. The Hall–Kier alpha value is -3.26. The molecular formula is C21H21N3O4S. The monoisotopic (exact) mass is 411 g/mol. The quantitative estimate of drug-likeness (QED) is 0.564. The van der Waals surface area contributed by atoms with Crippen LogP contribution in [0.2, 0.25) is 0 Å². The highest BCUT2D eigenvalue weighted by molar-refractivity contribution is 7.14. The average Bonchev–Trinajstić information content (AvgIpc) is 3.21. The van der Waals surface area contributed by atoms with Crippen molar-refractivity contribution in [2.75, 3.05) is 18.5 Å². The number of aromatic nitrogens is 2. The molecule has 0 atom stereocenters. The molecule has 150 valence electrons. The van der Waals surface area contributed by atoms with Gasteiger partial charge in [-0.3, -0.25) is 10.1 Å². The van der Waals surface area contributed by atoms with Crippen LogP contribution >= 0.6 is 11.3 Å². The van der Waals surface area contributed by atoms with E-state index >= 15 is 0 Å². The number of amides is 1. The lowest BCUT2D eigenvalue weighted by Crippen LogP contribution is -2.21. The van der Waals surface area contributed by atoms with Crippen molar-refractivity contribution in [3.8, 4) is 17.1 Å². The summed E-state index contributed by atoms with van der Waals surface area (Å²) in [6.07, 6.45) is 2.49. The third-order valence-electron chi connectivity index (χ3n) is 4.01. The van der Waals surface area contributed by atoms with Crippen LogP contribution in [0.25, 0.3) is 11.3 Å². The third kappa shape index (κ3) is 5.39. The number of nitrogens with one attached hydrogen (secondary N) is 1. The van der Waals surface area contributed by atoms with E-state index in [1.54, 1.807) is 13.0 Å². The largest absolute Gasteiger partial charge is 0.477 e. The SMILES string of the molecule is CCOc1ncccc1C(=O)OCC(=O)Nc1nc(-c2ccc(CC)cc2)cs1. The number of anilines is 1. The van der Waals surface area contributed by atoms with Crippen molar-refractivity contribution in [2.45, 2.75) is 20.3 Å². The zero-order valence-corrected chi connectivity index (χ0v) is 17.0. The van der Waals surface area contributed by atoms with Gasteiger partial charge in [0.25, 0.3) is 5.91 Å². The van der Waals surface area contributed by atoms with Crippen LogP contribution < -0.4 is 10.1 Å². The second-order valence-corrected chi connectivity index (χ2v) is 6.86. The van der Waals surface area contributed by atoms with Crippen LogP contribution in [0.3, 0.4) is 0 Å². The fourth-order valence-electron chi connectivity index (χ4n) is 2.54. The molecule has 3 aromatic rings. The molecule has 7 nitrogen and oxygen atoms in total. The number of hydrogen-bond donors (Lipinski definition) is 1. The number of benzene rings is 1. The van der Waals surface area contributed by atoms with Crippen molar-refractivity contribution < 1.29 is 19.1 Å². The van der Waals surface area contributed by atoms with Gasteiger partial charge in [0.2, 0.25) is 5.88 Å². The van der Waals surface area contributed by atoms with E-state index in [1.807, 2.05) is 17.5 Å². The molecule has 0 radical (unpaired) electrons. The minimum Gasteiger partial charge on any atom is -0.477 e. The molecule has 0 fully saturated rings. The zero-order chi connectivity index (χ0) is 20.6. The van der Waals surface area contributed by atoms with Crippen molar-refractivity contribution in [2.24, 2.45) is 0 Å². The highest BCUT2D eigenvalue weighted by Gasteiger charge is 2.17. The minimum absolute atomic E-state index is 0.175. The van der Waals surface area contributed by atoms with Gasteiger partial charge in [-0.15, -0.1) is 11.3 Å². The molecule has 1 amide bonds. The summed E-state index contributed by atoms with van der Waals surface area (Å²) < 4.78 is 10.4. The van der Waals surface area contributed by atoms with Crippen LogP contribution in [-0.2, 0) is 16.0 Å². The number of esters is 1. The van der Waals surface area contributed by atoms with Crippen molar-refractivity contribution >= 4 is 28.3 Å². The lowest BCUT2D eigenvalue weighted by molar-refractivity contribution is -0.119. The van der Waals surface area contributed by atoms with Gasteiger partial charge in [0.05, 0.1) is 12.3 Å². The molecule has 0 saturated carbocycles. The van der Waals surface area contributed by atoms with Crippen LogP contribution in [-0.4, -0.2) is 35.1 Å². The Morgan fingerprint density at radius 2 is 1.93 bits per heavy atom. The van der Waals surface area contributed by atoms with Gasteiger partial charge in [-0.2, -0.15) is 0 Å². The maximum Gasteiger partial charge on any atom is 0.344 e. The van der Waals surface area contributed by atoms with Crippen LogP contribution in [0.5, 0.6) is 5.88 Å². The number of rotatable bonds is 8. The van der Waals surface area contributed by atoms with E-state index in [0.717, 1.165) is 17.7 Å². The lowest BCUT2D eigenvalue weighted by Gasteiger charge is -2.08. The van der Waals surface area contributed by atoms with Crippen molar-refractivity contribution in [3.05, 3.63) is 59.1 Å². The van der Waals surface area contributed by atoms with Crippen LogP contribution in [0.4, 0.5) is 5.13 Å². The van der Waals surface area contributed by atoms with E-state index in [1.165, 1.54) is 29.2 Å². The maximum atomic E-state index is 12.2. The van der Waals surface area contributed by atoms with E-state index in [0.29, 0.717) is 11.7 Å². The Morgan fingerprint density at radius 3 is 2.66 bits per heavy atom. The Balaban J connectivity index is 1.56. The Labute approximate surface area is 172 Å². The Kier molecular flexibility index (Phi) is 6.91. The number of thiazole rings is 1. The molecular weight excluding hydrogens is 390 g/mol. The summed E-state index contributed by atoms with van der Waals surface area (Å²) >= 11 is 1.31. The second kappa shape index (κ2) is 9.79. The molecule has 8 heteroatoms. The molecule has 0 unspecified atom stereocenters. The molecule has 1 N–H and O–H groups in total. The summed E-state index contributed by atoms with van der Waals surface area (Å²) in [6, 6.07) is 11.3. The molecule has 0 saturated heterocycles. The summed E-state index contributed by atoms with van der Waals surface area (Å²) in [5, 5.41) is 4.95. The predicted molar refractivity (Wildman–Crippen MR) is 111 cm³/mol. The summed E-state index contributed by atoms with van der Waals surface area (Å²) in [4.78, 5) is 32.7. The first-order valence-corrected chi connectivity index (χ1v) is 10.1. The van der Waals surface area contributed by atoms with Crippen molar-refractivity contribution in [3.63, 3.8) is 0 Å². The highest BCUT2D eigenvalue weighted by Crippen LogP contribution is 2.25. The minimum atomic E-state index is -0.674. The third-order valence-corrected chi connectivity index (χ3v) is 4.77. The van der Waals surface area contributed by atoms with E-state index in [9.17, 15) is 9.59 Å². The summed E-state index contributed by atoms with van der Waals surface area (Å²) in [6.45, 7) is 3.83. The predicted octanol–water partition coefficient (Wildman–Crippen LogP) is 3.96. The molecule has 2 aromatic heterocycles. The highest BCUT2D eigenvalue weighted by atomic mass is 32.1. The second-order valence-electron chi connectivity index (χ2n) is 6.00. The fourth-order valence-corrected chi connectivity index (χ4v) is 3.27. The van der Waals surface area contributed by atoms with Gasteiger partial charge < -0.3 is 9.47 Å². The molecule has 1 aromatic carbocycles. The van der Waals surface area contributed by atoms with Crippen LogP contribution in [0.15, 0.2) is 48.0 Å². The number of hydrogen-bond acceptors (Lipinski definition) is 7. The molecule has 29 heavy (non-hydrogen) atoms. The van der Waals surface area contributed by atoms with E-state index < -0.39 is 18.5 Å². The molecule has 0 aliphatic carbocycles. The Morgan fingerprint density at radius 1 is 1.14 bits per heavy atom. The number of nitrogens with zero attached hydrogens (tertiary/aromatic N) is 2. The smallest absolute Gasteiger partial charge is 0.344 e. The molecule has 3 rings (SSSR count). The normalized spacial score (nSPS) is 10.4. The number of aryl methyl sites for hydroxylation is 1. The molecule has 0 aliphatic rings. The van der Waals surface area contributed by atoms with E-state index in [-0.39, 0.29) is 11.4 Å². The molecule has 0 aliphatic heterocycles. The first-order chi connectivity index (χ1) is 14.1. The van der Waals surface area contributed by atoms with Gasteiger partial charge in [-0.1, -0.05) is 31.2 Å². The maximum absolute atomic E-state index is 12.2. The van der Waals surface area contributed by atoms with Gasteiger partial charge in [0.1, 0.15) is 5.56 Å². The first-order valence-electron chi connectivity index (χ1n) is 9.20. The van der Waals surface area contributed by atoms with Crippen molar-refractivity contribution in [1.82, 2.24) is 9.97 Å². The average molecular weight is 411 g/mol. The van der Waals surface area contributed by atoms with E-state index in [4.69, 9.17) is 9.47 Å². The summed E-state index contributed by atoms with van der Waals surface area (Å²) in [7, 11) is 0. The number of carbonyl (C=O) groups excluding carboxylic acids is 2. The standard InChI is InChI=1S/C21H21N3O4S/c1-3-14-7-9-15(10-8-14)17-13-29-21(23-17)24-18(25)12-28-20(26)16-6-5-11-22-19(16)27-4-2/h5-11,13H,3-4,12H2,1-2H3,(H,23,24,25). The topological polar surface area (TPSA) is 90.4 Å². The molecule has 2 heterocycles.